The molecule has 0 atom stereocenters. The molecule has 1 aliphatic rings. The Hall–Kier alpha value is -2.69. The van der Waals surface area contributed by atoms with Crippen LogP contribution in [0, 0.1) is 5.82 Å². The van der Waals surface area contributed by atoms with Gasteiger partial charge in [0.15, 0.2) is 0 Å². The molecule has 4 rings (SSSR count). The number of nitrogens with zero attached hydrogens (tertiary/aromatic N) is 1. The van der Waals surface area contributed by atoms with Gasteiger partial charge in [0.05, 0.1) is 11.4 Å². The first kappa shape index (κ1) is 19.6. The van der Waals surface area contributed by atoms with E-state index in [2.05, 4.69) is 15.3 Å². The Morgan fingerprint density at radius 2 is 1.97 bits per heavy atom. The van der Waals surface area contributed by atoms with Crippen molar-refractivity contribution < 1.29 is 9.18 Å². The van der Waals surface area contributed by atoms with Crippen molar-refractivity contribution in [2.45, 2.75) is 63.8 Å². The van der Waals surface area contributed by atoms with Crippen LogP contribution in [0.3, 0.4) is 0 Å². The molecule has 0 aliphatic heterocycles. The highest BCUT2D eigenvalue weighted by Gasteiger charge is 2.17. The second-order valence-electron chi connectivity index (χ2n) is 7.99. The Kier molecular flexibility index (Phi) is 6.23. The molecule has 1 amide bonds. The summed E-state index contributed by atoms with van der Waals surface area (Å²) >= 11 is 0. The number of halogens is 1. The van der Waals surface area contributed by atoms with Gasteiger partial charge in [-0.3, -0.25) is 9.78 Å². The lowest BCUT2D eigenvalue weighted by Gasteiger charge is -2.16. The summed E-state index contributed by atoms with van der Waals surface area (Å²) in [5.41, 5.74) is 3.67. The summed E-state index contributed by atoms with van der Waals surface area (Å²) in [6, 6.07) is 10.9. The van der Waals surface area contributed by atoms with E-state index in [1.165, 1.54) is 31.7 Å². The third-order valence-corrected chi connectivity index (χ3v) is 5.84. The molecule has 152 valence electrons. The minimum atomic E-state index is -0.253. The lowest BCUT2D eigenvalue weighted by molar-refractivity contribution is -0.121. The Balaban J connectivity index is 1.47. The standard InChI is InChI=1S/C24H28FN3O/c25-17-13-14-21-20(16-17)19(24(28-21)22-11-5-6-15-26-22)10-7-12-23(29)27-18-8-3-1-2-4-9-18/h5-6,11,13-16,18,28H,1-4,7-10,12H2,(H,27,29). The molecule has 4 nitrogen and oxygen atoms in total. The van der Waals surface area contributed by atoms with Crippen LogP contribution >= 0.6 is 0 Å². The number of fused-ring (bicyclic) bond motifs is 1. The molecule has 5 heteroatoms. The molecule has 0 radical (unpaired) electrons. The van der Waals surface area contributed by atoms with Crippen molar-refractivity contribution in [2.24, 2.45) is 0 Å². The molecule has 2 heterocycles. The maximum atomic E-state index is 13.9. The van der Waals surface area contributed by atoms with Crippen molar-refractivity contribution in [1.29, 1.82) is 0 Å². The highest BCUT2D eigenvalue weighted by atomic mass is 19.1. The van der Waals surface area contributed by atoms with Crippen LogP contribution in [0.4, 0.5) is 4.39 Å². The molecule has 1 aromatic carbocycles. The average Bonchev–Trinajstić information content (AvgIpc) is 2.89. The van der Waals surface area contributed by atoms with Crippen LogP contribution in [-0.2, 0) is 11.2 Å². The van der Waals surface area contributed by atoms with Crippen LogP contribution in [0.15, 0.2) is 42.6 Å². The number of H-pyrrole nitrogens is 1. The summed E-state index contributed by atoms with van der Waals surface area (Å²) in [5.74, 6) is -0.126. The van der Waals surface area contributed by atoms with Gasteiger partial charge < -0.3 is 10.3 Å². The summed E-state index contributed by atoms with van der Waals surface area (Å²) in [6.45, 7) is 0. The number of hydrogen-bond acceptors (Lipinski definition) is 2. The number of hydrogen-bond donors (Lipinski definition) is 2. The number of aryl methyl sites for hydroxylation is 1. The fraction of sp³-hybridized carbons (Fsp3) is 0.417. The molecule has 29 heavy (non-hydrogen) atoms. The van der Waals surface area contributed by atoms with E-state index in [4.69, 9.17) is 0 Å². The normalized spacial score (nSPS) is 15.3. The van der Waals surface area contributed by atoms with E-state index in [9.17, 15) is 9.18 Å². The largest absolute Gasteiger partial charge is 0.353 e. The van der Waals surface area contributed by atoms with Crippen molar-refractivity contribution in [3.63, 3.8) is 0 Å². The zero-order chi connectivity index (χ0) is 20.1. The fourth-order valence-corrected chi connectivity index (χ4v) is 4.36. The van der Waals surface area contributed by atoms with Gasteiger partial charge in [0, 0.05) is 29.6 Å². The predicted molar refractivity (Wildman–Crippen MR) is 114 cm³/mol. The van der Waals surface area contributed by atoms with Gasteiger partial charge in [0.2, 0.25) is 5.91 Å². The number of aromatic amines is 1. The van der Waals surface area contributed by atoms with Crippen molar-refractivity contribution >= 4 is 16.8 Å². The maximum Gasteiger partial charge on any atom is 0.220 e. The average molecular weight is 394 g/mol. The predicted octanol–water partition coefficient (Wildman–Crippen LogP) is 5.53. The highest BCUT2D eigenvalue weighted by molar-refractivity contribution is 5.90. The Labute approximate surface area is 170 Å². The summed E-state index contributed by atoms with van der Waals surface area (Å²) in [5, 5.41) is 4.08. The Morgan fingerprint density at radius 1 is 1.14 bits per heavy atom. The van der Waals surface area contributed by atoms with Crippen molar-refractivity contribution in [3.05, 3.63) is 54.0 Å². The van der Waals surface area contributed by atoms with Crippen LogP contribution in [0.1, 0.15) is 56.9 Å². The van der Waals surface area contributed by atoms with Crippen LogP contribution in [0.5, 0.6) is 0 Å². The lowest BCUT2D eigenvalue weighted by Crippen LogP contribution is -2.34. The number of pyridine rings is 1. The molecule has 0 unspecified atom stereocenters. The van der Waals surface area contributed by atoms with E-state index in [1.54, 1.807) is 18.3 Å². The highest BCUT2D eigenvalue weighted by Crippen LogP contribution is 2.31. The van der Waals surface area contributed by atoms with Gasteiger partial charge in [-0.2, -0.15) is 0 Å². The van der Waals surface area contributed by atoms with E-state index in [0.717, 1.165) is 47.1 Å². The van der Waals surface area contributed by atoms with Gasteiger partial charge in [-0.1, -0.05) is 31.7 Å². The number of nitrogens with one attached hydrogen (secondary N) is 2. The molecule has 0 spiro atoms. The topological polar surface area (TPSA) is 57.8 Å². The molecular weight excluding hydrogens is 365 g/mol. The molecular formula is C24H28FN3O. The van der Waals surface area contributed by atoms with Gasteiger partial charge in [0.25, 0.3) is 0 Å². The first-order chi connectivity index (χ1) is 14.2. The zero-order valence-electron chi connectivity index (χ0n) is 16.7. The van der Waals surface area contributed by atoms with Gasteiger partial charge >= 0.3 is 0 Å². The van der Waals surface area contributed by atoms with Gasteiger partial charge in [-0.05, 0) is 61.6 Å². The van der Waals surface area contributed by atoms with Crippen LogP contribution in [0.25, 0.3) is 22.3 Å². The fourth-order valence-electron chi connectivity index (χ4n) is 4.36. The van der Waals surface area contributed by atoms with E-state index in [1.807, 2.05) is 18.2 Å². The monoisotopic (exact) mass is 393 g/mol. The molecule has 0 bridgehead atoms. The van der Waals surface area contributed by atoms with Gasteiger partial charge in [0.1, 0.15) is 5.82 Å². The molecule has 1 fully saturated rings. The first-order valence-corrected chi connectivity index (χ1v) is 10.7. The Bertz CT molecular complexity index is 959. The number of carbonyl (C=O) groups excluding carboxylic acids is 1. The summed E-state index contributed by atoms with van der Waals surface area (Å²) < 4.78 is 13.9. The smallest absolute Gasteiger partial charge is 0.220 e. The van der Waals surface area contributed by atoms with Crippen LogP contribution in [-0.4, -0.2) is 21.9 Å². The van der Waals surface area contributed by atoms with E-state index in [0.29, 0.717) is 18.9 Å². The van der Waals surface area contributed by atoms with Crippen molar-refractivity contribution in [1.82, 2.24) is 15.3 Å². The third kappa shape index (κ3) is 4.84. The van der Waals surface area contributed by atoms with Crippen LogP contribution in [0.2, 0.25) is 0 Å². The molecule has 2 N–H and O–H groups in total. The molecule has 1 saturated carbocycles. The molecule has 3 aromatic rings. The number of aromatic nitrogens is 2. The van der Waals surface area contributed by atoms with E-state index < -0.39 is 0 Å². The van der Waals surface area contributed by atoms with E-state index in [-0.39, 0.29) is 11.7 Å². The zero-order valence-corrected chi connectivity index (χ0v) is 16.7. The summed E-state index contributed by atoms with van der Waals surface area (Å²) in [6.07, 6.45) is 10.8. The first-order valence-electron chi connectivity index (χ1n) is 10.7. The number of benzene rings is 1. The minimum absolute atomic E-state index is 0.127. The van der Waals surface area contributed by atoms with Gasteiger partial charge in [-0.25, -0.2) is 4.39 Å². The number of rotatable bonds is 6. The van der Waals surface area contributed by atoms with E-state index >= 15 is 0 Å². The summed E-state index contributed by atoms with van der Waals surface area (Å²) in [4.78, 5) is 20.3. The van der Waals surface area contributed by atoms with Gasteiger partial charge in [-0.15, -0.1) is 0 Å². The second kappa shape index (κ2) is 9.21. The van der Waals surface area contributed by atoms with Crippen molar-refractivity contribution in [2.75, 3.05) is 0 Å². The number of carbonyl (C=O) groups is 1. The quantitative estimate of drug-likeness (QED) is 0.541. The maximum absolute atomic E-state index is 13.9. The minimum Gasteiger partial charge on any atom is -0.353 e. The molecule has 0 saturated heterocycles. The third-order valence-electron chi connectivity index (χ3n) is 5.84. The molecule has 2 aromatic heterocycles. The SMILES string of the molecule is O=C(CCCc1c(-c2ccccn2)[nH]c2ccc(F)cc12)NC1CCCCCC1. The van der Waals surface area contributed by atoms with Crippen LogP contribution < -0.4 is 5.32 Å². The molecule has 1 aliphatic carbocycles. The number of amides is 1. The lowest BCUT2D eigenvalue weighted by atomic mass is 10.0. The second-order valence-corrected chi connectivity index (χ2v) is 7.99. The Morgan fingerprint density at radius 3 is 2.72 bits per heavy atom. The van der Waals surface area contributed by atoms with Crippen molar-refractivity contribution in [3.8, 4) is 11.4 Å². The summed E-state index contributed by atoms with van der Waals surface area (Å²) in [7, 11) is 0.